The minimum absolute atomic E-state index is 0.0292. The zero-order chi connectivity index (χ0) is 19.4. The summed E-state index contributed by atoms with van der Waals surface area (Å²) in [6.07, 6.45) is 0. The number of benzene rings is 2. The van der Waals surface area contributed by atoms with Gasteiger partial charge in [0.05, 0.1) is 17.0 Å². The number of hydrogen-bond acceptors (Lipinski definition) is 6. The molecule has 4 aromatic rings. The maximum atomic E-state index is 13.4. The van der Waals surface area contributed by atoms with Crippen LogP contribution in [-0.4, -0.2) is 16.1 Å². The van der Waals surface area contributed by atoms with Crippen LogP contribution in [0.25, 0.3) is 11.0 Å². The van der Waals surface area contributed by atoms with E-state index >= 15 is 0 Å². The van der Waals surface area contributed by atoms with Gasteiger partial charge in [0.2, 0.25) is 10.9 Å². The van der Waals surface area contributed by atoms with Gasteiger partial charge in [-0.05, 0) is 36.8 Å². The minimum atomic E-state index is -0.685. The summed E-state index contributed by atoms with van der Waals surface area (Å²) in [7, 11) is 0. The normalized spacial score (nSPS) is 16.0. The molecule has 0 unspecified atom stereocenters. The Kier molecular flexibility index (Phi) is 3.82. The van der Waals surface area contributed by atoms with Crippen LogP contribution in [-0.2, 0) is 0 Å². The molecule has 1 amide bonds. The highest BCUT2D eigenvalue weighted by atomic mass is 35.5. The molecule has 0 fully saturated rings. The topological polar surface area (TPSA) is 76.3 Å². The van der Waals surface area contributed by atoms with Crippen LogP contribution in [0.5, 0.6) is 0 Å². The van der Waals surface area contributed by atoms with E-state index in [1.807, 2.05) is 19.1 Å². The minimum Gasteiger partial charge on any atom is -0.450 e. The van der Waals surface area contributed by atoms with Crippen LogP contribution >= 0.6 is 22.9 Å². The molecule has 28 heavy (non-hydrogen) atoms. The van der Waals surface area contributed by atoms with Crippen molar-refractivity contribution in [3.8, 4) is 0 Å². The highest BCUT2D eigenvalue weighted by Gasteiger charge is 2.45. The summed E-state index contributed by atoms with van der Waals surface area (Å²) in [6, 6.07) is 11.7. The van der Waals surface area contributed by atoms with Gasteiger partial charge in [0.1, 0.15) is 11.1 Å². The Morgan fingerprint density at radius 2 is 2.04 bits per heavy atom. The number of aryl methyl sites for hydroxylation is 1. The summed E-state index contributed by atoms with van der Waals surface area (Å²) in [4.78, 5) is 28.1. The van der Waals surface area contributed by atoms with E-state index in [2.05, 4.69) is 10.2 Å². The SMILES string of the molecule is Cc1ccc2oc3c(c(=O)c2c1)[C@H](c1cccc(Cl)c1)N(c1nncs1)C3=O. The number of carbonyl (C=O) groups is 1. The summed E-state index contributed by atoms with van der Waals surface area (Å²) in [5.74, 6) is -0.391. The van der Waals surface area contributed by atoms with Crippen molar-refractivity contribution in [1.82, 2.24) is 10.2 Å². The third-order valence-electron chi connectivity index (χ3n) is 4.74. The van der Waals surface area contributed by atoms with E-state index in [9.17, 15) is 9.59 Å². The average molecular weight is 410 g/mol. The Hall–Kier alpha value is -3.03. The van der Waals surface area contributed by atoms with Gasteiger partial charge in [-0.15, -0.1) is 10.2 Å². The monoisotopic (exact) mass is 409 g/mol. The number of rotatable bonds is 2. The van der Waals surface area contributed by atoms with Gasteiger partial charge in [0, 0.05) is 5.02 Å². The Morgan fingerprint density at radius 3 is 2.79 bits per heavy atom. The zero-order valence-corrected chi connectivity index (χ0v) is 16.1. The molecule has 1 aliphatic rings. The quantitative estimate of drug-likeness (QED) is 0.491. The van der Waals surface area contributed by atoms with Crippen LogP contribution in [0.1, 0.15) is 33.3 Å². The van der Waals surface area contributed by atoms with Gasteiger partial charge in [-0.2, -0.15) is 0 Å². The lowest BCUT2D eigenvalue weighted by atomic mass is 9.98. The van der Waals surface area contributed by atoms with E-state index in [1.165, 1.54) is 21.7 Å². The molecule has 0 saturated heterocycles. The van der Waals surface area contributed by atoms with Crippen molar-refractivity contribution in [3.05, 3.63) is 85.7 Å². The molecule has 138 valence electrons. The molecule has 3 heterocycles. The van der Waals surface area contributed by atoms with Crippen LogP contribution in [0.4, 0.5) is 5.13 Å². The van der Waals surface area contributed by atoms with E-state index in [0.717, 1.165) is 5.56 Å². The third-order valence-corrected chi connectivity index (χ3v) is 5.67. The molecular formula is C20H12ClN3O3S. The number of hydrogen-bond donors (Lipinski definition) is 0. The summed E-state index contributed by atoms with van der Waals surface area (Å²) >= 11 is 7.40. The first-order chi connectivity index (χ1) is 13.5. The highest BCUT2D eigenvalue weighted by Crippen LogP contribution is 2.41. The number of anilines is 1. The summed E-state index contributed by atoms with van der Waals surface area (Å²) in [5, 5.41) is 9.22. The first-order valence-electron chi connectivity index (χ1n) is 8.47. The van der Waals surface area contributed by atoms with Crippen molar-refractivity contribution in [3.63, 3.8) is 0 Å². The standard InChI is InChI=1S/C20H12ClN3O3S/c1-10-5-6-14-13(7-10)17(25)15-16(11-3-2-4-12(21)8-11)24(19(26)18(15)27-14)20-23-22-9-28-20/h2-9,16H,1H3/t16-/m0/s1. The highest BCUT2D eigenvalue weighted by molar-refractivity contribution is 7.13. The van der Waals surface area contributed by atoms with Crippen LogP contribution in [0.15, 0.2) is 57.2 Å². The predicted octanol–water partition coefficient (Wildman–Crippen LogP) is 4.36. The lowest BCUT2D eigenvalue weighted by Gasteiger charge is -2.22. The Balaban J connectivity index is 1.85. The van der Waals surface area contributed by atoms with Crippen molar-refractivity contribution in [1.29, 1.82) is 0 Å². The van der Waals surface area contributed by atoms with Gasteiger partial charge in [0.25, 0.3) is 5.91 Å². The number of nitrogens with zero attached hydrogens (tertiary/aromatic N) is 3. The molecule has 0 radical (unpaired) electrons. The number of fused-ring (bicyclic) bond motifs is 2. The lowest BCUT2D eigenvalue weighted by Crippen LogP contribution is -2.29. The first kappa shape index (κ1) is 17.1. The van der Waals surface area contributed by atoms with Gasteiger partial charge in [-0.1, -0.05) is 46.7 Å². The summed E-state index contributed by atoms with van der Waals surface area (Å²) < 4.78 is 5.89. The Labute approximate surface area is 168 Å². The largest absolute Gasteiger partial charge is 0.450 e. The second kappa shape index (κ2) is 6.25. The van der Waals surface area contributed by atoms with Crippen LogP contribution in [0, 0.1) is 6.92 Å². The maximum Gasteiger partial charge on any atom is 0.297 e. The van der Waals surface area contributed by atoms with Gasteiger partial charge in [-0.25, -0.2) is 0 Å². The molecule has 0 N–H and O–H groups in total. The van der Waals surface area contributed by atoms with Crippen molar-refractivity contribution in [2.45, 2.75) is 13.0 Å². The fourth-order valence-electron chi connectivity index (χ4n) is 3.55. The Morgan fingerprint density at radius 1 is 1.18 bits per heavy atom. The van der Waals surface area contributed by atoms with Gasteiger partial charge < -0.3 is 4.42 Å². The second-order valence-corrected chi connectivity index (χ2v) is 7.78. The molecule has 0 bridgehead atoms. The molecule has 8 heteroatoms. The van der Waals surface area contributed by atoms with Gasteiger partial charge in [0.15, 0.2) is 5.43 Å². The zero-order valence-electron chi connectivity index (χ0n) is 14.5. The predicted molar refractivity (Wildman–Crippen MR) is 107 cm³/mol. The molecule has 2 aromatic heterocycles. The molecule has 0 spiro atoms. The molecule has 1 aliphatic heterocycles. The molecular weight excluding hydrogens is 398 g/mol. The smallest absolute Gasteiger partial charge is 0.297 e. The second-order valence-electron chi connectivity index (χ2n) is 6.53. The maximum absolute atomic E-state index is 13.4. The molecule has 5 rings (SSSR count). The number of halogens is 1. The third kappa shape index (κ3) is 2.47. The molecule has 0 saturated carbocycles. The molecule has 2 aromatic carbocycles. The van der Waals surface area contributed by atoms with Crippen LogP contribution in [0.2, 0.25) is 5.02 Å². The fraction of sp³-hybridized carbons (Fsp3) is 0.100. The van der Waals surface area contributed by atoms with E-state index < -0.39 is 11.9 Å². The summed E-state index contributed by atoms with van der Waals surface area (Å²) in [6.45, 7) is 1.90. The van der Waals surface area contributed by atoms with E-state index in [0.29, 0.717) is 32.3 Å². The van der Waals surface area contributed by atoms with Gasteiger partial charge >= 0.3 is 0 Å². The van der Waals surface area contributed by atoms with Gasteiger partial charge in [-0.3, -0.25) is 14.5 Å². The number of aromatic nitrogens is 2. The van der Waals surface area contributed by atoms with Crippen molar-refractivity contribution >= 4 is 44.9 Å². The van der Waals surface area contributed by atoms with Crippen molar-refractivity contribution in [2.75, 3.05) is 4.90 Å². The van der Waals surface area contributed by atoms with Crippen molar-refractivity contribution < 1.29 is 9.21 Å². The van der Waals surface area contributed by atoms with E-state index in [1.54, 1.807) is 30.3 Å². The number of carbonyl (C=O) groups excluding carboxylic acids is 1. The molecule has 0 aliphatic carbocycles. The van der Waals surface area contributed by atoms with Crippen LogP contribution in [0.3, 0.4) is 0 Å². The Bertz CT molecular complexity index is 1300. The molecule has 6 nitrogen and oxygen atoms in total. The van der Waals surface area contributed by atoms with E-state index in [-0.39, 0.29) is 11.2 Å². The summed E-state index contributed by atoms with van der Waals surface area (Å²) in [5.41, 5.74) is 3.62. The first-order valence-corrected chi connectivity index (χ1v) is 9.73. The number of amides is 1. The fourth-order valence-corrected chi connectivity index (χ4v) is 4.33. The molecule has 1 atom stereocenters. The average Bonchev–Trinajstić information content (AvgIpc) is 3.29. The van der Waals surface area contributed by atoms with Crippen molar-refractivity contribution in [2.24, 2.45) is 0 Å². The lowest BCUT2D eigenvalue weighted by molar-refractivity contribution is 0.0970. The van der Waals surface area contributed by atoms with Crippen LogP contribution < -0.4 is 10.3 Å². The van der Waals surface area contributed by atoms with E-state index in [4.69, 9.17) is 16.0 Å².